The monoisotopic (exact) mass is 532 g/mol. The van der Waals surface area contributed by atoms with E-state index in [1.807, 2.05) is 32.0 Å². The maximum atomic E-state index is 13.6. The van der Waals surface area contributed by atoms with Gasteiger partial charge in [-0.05, 0) is 73.5 Å². The average molecular weight is 533 g/mol. The van der Waals surface area contributed by atoms with Gasteiger partial charge in [-0.1, -0.05) is 17.7 Å². The summed E-state index contributed by atoms with van der Waals surface area (Å²) in [4.78, 5) is 12.7. The quantitative estimate of drug-likeness (QED) is 0.369. The van der Waals surface area contributed by atoms with Crippen molar-refractivity contribution in [2.45, 2.75) is 18.7 Å². The summed E-state index contributed by atoms with van der Waals surface area (Å²) in [6.45, 7) is 3.95. The molecule has 192 valence electrons. The van der Waals surface area contributed by atoms with Gasteiger partial charge in [0, 0.05) is 11.1 Å². The molecule has 0 aliphatic carbocycles. The van der Waals surface area contributed by atoms with E-state index in [0.29, 0.717) is 16.5 Å². The third kappa shape index (κ3) is 6.83. The molecular weight excluding hydrogens is 504 g/mol. The van der Waals surface area contributed by atoms with Crippen LogP contribution in [0.15, 0.2) is 65.6 Å². The van der Waals surface area contributed by atoms with Gasteiger partial charge in [0.25, 0.3) is 10.0 Å². The minimum atomic E-state index is -4.14. The molecule has 8 nitrogen and oxygen atoms in total. The minimum absolute atomic E-state index is 0.0546. The molecule has 0 bridgehead atoms. The number of aryl methyl sites for hydroxylation is 2. The number of amides is 1. The number of hydrogen-bond donors (Lipinski definition) is 1. The molecule has 0 radical (unpaired) electrons. The fourth-order valence-electron chi connectivity index (χ4n) is 3.59. The first-order valence-electron chi connectivity index (χ1n) is 11.1. The van der Waals surface area contributed by atoms with E-state index in [1.165, 1.54) is 44.6 Å². The van der Waals surface area contributed by atoms with Crippen LogP contribution >= 0.6 is 11.6 Å². The lowest BCUT2D eigenvalue weighted by Crippen LogP contribution is -2.41. The third-order valence-corrected chi connectivity index (χ3v) is 7.25. The molecule has 0 fully saturated rings. The zero-order chi connectivity index (χ0) is 26.3. The van der Waals surface area contributed by atoms with Crippen molar-refractivity contribution in [2.75, 3.05) is 38.2 Å². The third-order valence-electron chi connectivity index (χ3n) is 5.23. The SMILES string of the molecule is COc1ccc(S(=O)(=O)N(CC(=O)NCCOc2cc(C)cc(C)c2)c2ccc(Cl)cc2)cc1OC. The van der Waals surface area contributed by atoms with E-state index in [1.54, 1.807) is 12.1 Å². The smallest absolute Gasteiger partial charge is 0.264 e. The van der Waals surface area contributed by atoms with Gasteiger partial charge in [0.15, 0.2) is 11.5 Å². The van der Waals surface area contributed by atoms with Crippen molar-refractivity contribution in [3.63, 3.8) is 0 Å². The molecule has 3 rings (SSSR count). The van der Waals surface area contributed by atoms with Gasteiger partial charge in [-0.2, -0.15) is 0 Å². The lowest BCUT2D eigenvalue weighted by Gasteiger charge is -2.24. The lowest BCUT2D eigenvalue weighted by molar-refractivity contribution is -0.119. The highest BCUT2D eigenvalue weighted by Crippen LogP contribution is 2.32. The predicted octanol–water partition coefficient (Wildman–Crippen LogP) is 4.36. The van der Waals surface area contributed by atoms with Crippen molar-refractivity contribution >= 4 is 33.2 Å². The molecular formula is C26H29ClN2O6S. The van der Waals surface area contributed by atoms with Crippen LogP contribution in [0.4, 0.5) is 5.69 Å². The summed E-state index contributed by atoms with van der Waals surface area (Å²) in [5, 5.41) is 3.16. The highest BCUT2D eigenvalue weighted by atomic mass is 35.5. The number of halogens is 1. The Balaban J connectivity index is 1.76. The van der Waals surface area contributed by atoms with Gasteiger partial charge >= 0.3 is 0 Å². The van der Waals surface area contributed by atoms with E-state index < -0.39 is 22.5 Å². The Bertz CT molecular complexity index is 1290. The number of nitrogens with one attached hydrogen (secondary N) is 1. The summed E-state index contributed by atoms with van der Waals surface area (Å²) in [7, 11) is -1.27. The molecule has 0 saturated heterocycles. The first kappa shape index (κ1) is 27.2. The van der Waals surface area contributed by atoms with Crippen LogP contribution in [0.25, 0.3) is 0 Å². The van der Waals surface area contributed by atoms with Gasteiger partial charge in [0.05, 0.1) is 31.3 Å². The van der Waals surface area contributed by atoms with Crippen LogP contribution in [0.2, 0.25) is 5.02 Å². The van der Waals surface area contributed by atoms with Crippen molar-refractivity contribution in [1.29, 1.82) is 0 Å². The molecule has 0 aliphatic heterocycles. The fraction of sp³-hybridized carbons (Fsp3) is 0.269. The van der Waals surface area contributed by atoms with Crippen molar-refractivity contribution in [3.8, 4) is 17.2 Å². The standard InChI is InChI=1S/C26H29ClN2O6S/c1-18-13-19(2)15-22(14-18)35-12-11-28-26(30)17-29(21-7-5-20(27)6-8-21)36(31,32)23-9-10-24(33-3)25(16-23)34-4/h5-10,13-16H,11-12,17H2,1-4H3,(H,28,30). The van der Waals surface area contributed by atoms with Crippen LogP contribution in [0, 0.1) is 13.8 Å². The zero-order valence-corrected chi connectivity index (χ0v) is 22.2. The first-order chi connectivity index (χ1) is 17.1. The van der Waals surface area contributed by atoms with E-state index in [-0.39, 0.29) is 29.5 Å². The van der Waals surface area contributed by atoms with E-state index >= 15 is 0 Å². The topological polar surface area (TPSA) is 94.2 Å². The molecule has 0 aliphatic rings. The largest absolute Gasteiger partial charge is 0.493 e. The fourth-order valence-corrected chi connectivity index (χ4v) is 5.15. The lowest BCUT2D eigenvalue weighted by atomic mass is 10.1. The Labute approximate surface area is 216 Å². The molecule has 0 unspecified atom stereocenters. The summed E-state index contributed by atoms with van der Waals surface area (Å²) in [5.74, 6) is 0.859. The second-order valence-electron chi connectivity index (χ2n) is 8.03. The van der Waals surface area contributed by atoms with Crippen LogP contribution in [-0.4, -0.2) is 48.2 Å². The molecule has 3 aromatic rings. The van der Waals surface area contributed by atoms with Crippen molar-refractivity contribution in [1.82, 2.24) is 5.32 Å². The minimum Gasteiger partial charge on any atom is -0.493 e. The highest BCUT2D eigenvalue weighted by molar-refractivity contribution is 7.92. The Morgan fingerprint density at radius 2 is 1.56 bits per heavy atom. The number of benzene rings is 3. The Hall–Kier alpha value is -3.43. The zero-order valence-electron chi connectivity index (χ0n) is 20.6. The summed E-state index contributed by atoms with van der Waals surface area (Å²) >= 11 is 5.99. The summed E-state index contributed by atoms with van der Waals surface area (Å²) in [5.41, 5.74) is 2.44. The number of anilines is 1. The molecule has 0 aromatic heterocycles. The molecule has 1 N–H and O–H groups in total. The summed E-state index contributed by atoms with van der Waals surface area (Å²) < 4.78 is 44.4. The predicted molar refractivity (Wildman–Crippen MR) is 140 cm³/mol. The van der Waals surface area contributed by atoms with E-state index in [4.69, 9.17) is 25.8 Å². The Kier molecular flexibility index (Phi) is 9.06. The molecule has 0 saturated carbocycles. The number of carbonyl (C=O) groups is 1. The number of ether oxygens (including phenoxy) is 3. The second kappa shape index (κ2) is 12.0. The number of rotatable bonds is 11. The molecule has 1 amide bonds. The van der Waals surface area contributed by atoms with E-state index in [2.05, 4.69) is 5.32 Å². The number of hydrogen-bond acceptors (Lipinski definition) is 6. The molecule has 36 heavy (non-hydrogen) atoms. The number of sulfonamides is 1. The number of carbonyl (C=O) groups excluding carboxylic acids is 1. The normalized spacial score (nSPS) is 11.0. The van der Waals surface area contributed by atoms with Crippen LogP contribution in [0.3, 0.4) is 0 Å². The first-order valence-corrected chi connectivity index (χ1v) is 12.9. The summed E-state index contributed by atoms with van der Waals surface area (Å²) in [6.07, 6.45) is 0. The van der Waals surface area contributed by atoms with Crippen LogP contribution in [-0.2, 0) is 14.8 Å². The van der Waals surface area contributed by atoms with Crippen molar-refractivity contribution < 1.29 is 27.4 Å². The Morgan fingerprint density at radius 3 is 2.17 bits per heavy atom. The molecule has 0 heterocycles. The van der Waals surface area contributed by atoms with Gasteiger partial charge in [0.1, 0.15) is 18.9 Å². The highest BCUT2D eigenvalue weighted by Gasteiger charge is 2.28. The Morgan fingerprint density at radius 1 is 0.917 bits per heavy atom. The molecule has 10 heteroatoms. The average Bonchev–Trinajstić information content (AvgIpc) is 2.84. The van der Waals surface area contributed by atoms with Crippen LogP contribution in [0.1, 0.15) is 11.1 Å². The van der Waals surface area contributed by atoms with Crippen molar-refractivity contribution in [2.24, 2.45) is 0 Å². The summed E-state index contributed by atoms with van der Waals surface area (Å²) in [6, 6.07) is 16.3. The number of nitrogens with zero attached hydrogens (tertiary/aromatic N) is 1. The number of methoxy groups -OCH3 is 2. The molecule has 3 aromatic carbocycles. The van der Waals surface area contributed by atoms with Crippen LogP contribution in [0.5, 0.6) is 17.2 Å². The van der Waals surface area contributed by atoms with Gasteiger partial charge < -0.3 is 19.5 Å². The van der Waals surface area contributed by atoms with E-state index in [9.17, 15) is 13.2 Å². The van der Waals surface area contributed by atoms with Crippen molar-refractivity contribution in [3.05, 3.63) is 76.8 Å². The maximum Gasteiger partial charge on any atom is 0.264 e. The van der Waals surface area contributed by atoms with Gasteiger partial charge in [0.2, 0.25) is 5.91 Å². The second-order valence-corrected chi connectivity index (χ2v) is 10.3. The maximum absolute atomic E-state index is 13.6. The van der Waals surface area contributed by atoms with E-state index in [0.717, 1.165) is 15.4 Å². The van der Waals surface area contributed by atoms with Crippen LogP contribution < -0.4 is 23.8 Å². The molecule has 0 spiro atoms. The van der Waals surface area contributed by atoms with Gasteiger partial charge in [-0.3, -0.25) is 9.10 Å². The molecule has 0 atom stereocenters. The van der Waals surface area contributed by atoms with Gasteiger partial charge in [-0.15, -0.1) is 0 Å². The van der Waals surface area contributed by atoms with Gasteiger partial charge in [-0.25, -0.2) is 8.42 Å².